The Labute approximate surface area is 78.4 Å². The fraction of sp³-hybridized carbons (Fsp3) is 0.500. The van der Waals surface area contributed by atoms with Crippen LogP contribution in [0.25, 0.3) is 0 Å². The highest BCUT2D eigenvalue weighted by atomic mass is 15.0. The molecule has 1 atom stereocenters. The summed E-state index contributed by atoms with van der Waals surface area (Å²) in [7, 11) is 0. The third kappa shape index (κ3) is 2.26. The van der Waals surface area contributed by atoms with Gasteiger partial charge in [-0.2, -0.15) is 0 Å². The van der Waals surface area contributed by atoms with Crippen LogP contribution in [0.2, 0.25) is 0 Å². The van der Waals surface area contributed by atoms with Gasteiger partial charge in [0.05, 0.1) is 0 Å². The largest absolute Gasteiger partial charge is 0.329 e. The van der Waals surface area contributed by atoms with E-state index < -0.39 is 0 Å². The highest BCUT2D eigenvalue weighted by Crippen LogP contribution is 2.23. The highest BCUT2D eigenvalue weighted by Gasteiger charge is 2.24. The van der Waals surface area contributed by atoms with Gasteiger partial charge >= 0.3 is 0 Å². The minimum atomic E-state index is 0.279. The summed E-state index contributed by atoms with van der Waals surface area (Å²) < 4.78 is 0. The molecule has 0 amide bonds. The minimum Gasteiger partial charge on any atom is -0.329 e. The van der Waals surface area contributed by atoms with E-state index in [-0.39, 0.29) is 6.04 Å². The molecule has 1 aromatic rings. The zero-order chi connectivity index (χ0) is 9.10. The molecule has 0 radical (unpaired) electrons. The van der Waals surface area contributed by atoms with Crippen LogP contribution in [0, 0.1) is 0 Å². The Hall–Kier alpha value is -0.930. The third-order valence-corrected chi connectivity index (χ3v) is 2.34. The molecule has 3 heteroatoms. The van der Waals surface area contributed by atoms with Crippen molar-refractivity contribution in [2.24, 2.45) is 5.73 Å². The van der Waals surface area contributed by atoms with Crippen molar-refractivity contribution in [1.29, 1.82) is 0 Å². The van der Waals surface area contributed by atoms with Gasteiger partial charge in [0.2, 0.25) is 0 Å². The lowest BCUT2D eigenvalue weighted by Crippen LogP contribution is -2.29. The van der Waals surface area contributed by atoms with Crippen molar-refractivity contribution in [3.63, 3.8) is 0 Å². The second-order valence-electron chi connectivity index (χ2n) is 3.52. The Morgan fingerprint density at radius 3 is 3.00 bits per heavy atom. The van der Waals surface area contributed by atoms with Crippen LogP contribution in [0.3, 0.4) is 0 Å². The van der Waals surface area contributed by atoms with Crippen LogP contribution in [0.4, 0.5) is 0 Å². The van der Waals surface area contributed by atoms with Gasteiger partial charge in [0.15, 0.2) is 0 Å². The normalized spacial score (nSPS) is 18.5. The van der Waals surface area contributed by atoms with Gasteiger partial charge < -0.3 is 11.1 Å². The second kappa shape index (κ2) is 3.85. The van der Waals surface area contributed by atoms with E-state index in [1.165, 1.54) is 18.4 Å². The molecule has 3 N–H and O–H groups in total. The molecule has 0 spiro atoms. The number of hydrogen-bond donors (Lipinski definition) is 2. The van der Waals surface area contributed by atoms with Crippen molar-refractivity contribution in [3.05, 3.63) is 30.1 Å². The Balaban J connectivity index is 2.02. The standard InChI is InChI=1S/C10H15N3/c11-6-10(13-9-3-4-9)8-2-1-5-12-7-8/h1-2,5,7,9-10,13H,3-4,6,11H2. The van der Waals surface area contributed by atoms with E-state index in [4.69, 9.17) is 5.73 Å². The van der Waals surface area contributed by atoms with Gasteiger partial charge in [0.25, 0.3) is 0 Å². The lowest BCUT2D eigenvalue weighted by atomic mass is 10.1. The molecule has 1 aliphatic rings. The summed E-state index contributed by atoms with van der Waals surface area (Å²) in [6.45, 7) is 0.641. The Kier molecular flexibility index (Phi) is 2.57. The maximum atomic E-state index is 5.69. The SMILES string of the molecule is NCC(NC1CC1)c1cccnc1. The lowest BCUT2D eigenvalue weighted by molar-refractivity contribution is 0.537. The zero-order valence-corrected chi connectivity index (χ0v) is 7.61. The third-order valence-electron chi connectivity index (χ3n) is 2.34. The van der Waals surface area contributed by atoms with Gasteiger partial charge in [-0.1, -0.05) is 6.07 Å². The molecule has 1 unspecified atom stereocenters. The molecule has 1 aliphatic carbocycles. The Morgan fingerprint density at radius 1 is 1.62 bits per heavy atom. The number of pyridine rings is 1. The Morgan fingerprint density at radius 2 is 2.46 bits per heavy atom. The van der Waals surface area contributed by atoms with Crippen LogP contribution in [-0.2, 0) is 0 Å². The summed E-state index contributed by atoms with van der Waals surface area (Å²) in [4.78, 5) is 4.09. The number of nitrogens with two attached hydrogens (primary N) is 1. The number of rotatable bonds is 4. The van der Waals surface area contributed by atoms with E-state index in [1.54, 1.807) is 6.20 Å². The first kappa shape index (κ1) is 8.66. The average molecular weight is 177 g/mol. The quantitative estimate of drug-likeness (QED) is 0.716. The summed E-state index contributed by atoms with van der Waals surface area (Å²) in [6, 6.07) is 4.99. The van der Waals surface area contributed by atoms with Gasteiger partial charge in [-0.3, -0.25) is 4.98 Å². The number of nitrogens with one attached hydrogen (secondary N) is 1. The molecule has 0 aromatic carbocycles. The van der Waals surface area contributed by atoms with Crippen molar-refractivity contribution < 1.29 is 0 Å². The van der Waals surface area contributed by atoms with Crippen LogP contribution in [0.1, 0.15) is 24.4 Å². The smallest absolute Gasteiger partial charge is 0.0462 e. The van der Waals surface area contributed by atoms with Crippen molar-refractivity contribution >= 4 is 0 Å². The highest BCUT2D eigenvalue weighted by molar-refractivity contribution is 5.14. The molecule has 0 aliphatic heterocycles. The minimum absolute atomic E-state index is 0.279. The molecule has 3 nitrogen and oxygen atoms in total. The van der Waals surface area contributed by atoms with Gasteiger partial charge in [-0.25, -0.2) is 0 Å². The Bertz CT molecular complexity index is 256. The van der Waals surface area contributed by atoms with Gasteiger partial charge in [-0.05, 0) is 24.5 Å². The van der Waals surface area contributed by atoms with Crippen LogP contribution < -0.4 is 11.1 Å². The summed E-state index contributed by atoms with van der Waals surface area (Å²) >= 11 is 0. The maximum absolute atomic E-state index is 5.69. The average Bonchev–Trinajstić information content (AvgIpc) is 2.99. The predicted octanol–water partition coefficient (Wildman–Crippen LogP) is 0.833. The maximum Gasteiger partial charge on any atom is 0.0462 e. The van der Waals surface area contributed by atoms with Crippen LogP contribution >= 0.6 is 0 Å². The first-order valence-corrected chi connectivity index (χ1v) is 4.76. The topological polar surface area (TPSA) is 50.9 Å². The fourth-order valence-corrected chi connectivity index (χ4v) is 1.42. The van der Waals surface area contributed by atoms with E-state index in [2.05, 4.69) is 16.4 Å². The van der Waals surface area contributed by atoms with E-state index >= 15 is 0 Å². The van der Waals surface area contributed by atoms with E-state index in [0.717, 1.165) is 0 Å². The van der Waals surface area contributed by atoms with Crippen LogP contribution in [-0.4, -0.2) is 17.6 Å². The second-order valence-corrected chi connectivity index (χ2v) is 3.52. The van der Waals surface area contributed by atoms with Gasteiger partial charge in [-0.15, -0.1) is 0 Å². The molecule has 70 valence electrons. The van der Waals surface area contributed by atoms with Crippen molar-refractivity contribution in [2.45, 2.75) is 24.9 Å². The van der Waals surface area contributed by atoms with Crippen molar-refractivity contribution in [1.82, 2.24) is 10.3 Å². The summed E-state index contributed by atoms with van der Waals surface area (Å²) in [5, 5.41) is 3.49. The predicted molar refractivity (Wildman–Crippen MR) is 52.2 cm³/mol. The van der Waals surface area contributed by atoms with Gasteiger partial charge in [0, 0.05) is 31.0 Å². The van der Waals surface area contributed by atoms with Crippen molar-refractivity contribution in [2.75, 3.05) is 6.54 Å². The molecule has 0 saturated heterocycles. The number of nitrogens with zero attached hydrogens (tertiary/aromatic N) is 1. The molecule has 1 saturated carbocycles. The number of aromatic nitrogens is 1. The molecule has 1 heterocycles. The monoisotopic (exact) mass is 177 g/mol. The summed E-state index contributed by atoms with van der Waals surface area (Å²) in [6.07, 6.45) is 6.24. The first-order chi connectivity index (χ1) is 6.40. The molecule has 2 rings (SSSR count). The van der Waals surface area contributed by atoms with Crippen molar-refractivity contribution in [3.8, 4) is 0 Å². The molecule has 1 aromatic heterocycles. The molecule has 1 fully saturated rings. The lowest BCUT2D eigenvalue weighted by Gasteiger charge is -2.15. The molecular formula is C10H15N3. The van der Waals surface area contributed by atoms with E-state index in [0.29, 0.717) is 12.6 Å². The van der Waals surface area contributed by atoms with E-state index in [9.17, 15) is 0 Å². The van der Waals surface area contributed by atoms with Crippen LogP contribution in [0.5, 0.6) is 0 Å². The van der Waals surface area contributed by atoms with E-state index in [1.807, 2.05) is 12.3 Å². The van der Waals surface area contributed by atoms with Crippen LogP contribution in [0.15, 0.2) is 24.5 Å². The fourth-order valence-electron chi connectivity index (χ4n) is 1.42. The zero-order valence-electron chi connectivity index (χ0n) is 7.61. The molecular weight excluding hydrogens is 162 g/mol. The summed E-state index contributed by atoms with van der Waals surface area (Å²) in [5.74, 6) is 0. The number of hydrogen-bond acceptors (Lipinski definition) is 3. The first-order valence-electron chi connectivity index (χ1n) is 4.76. The molecule has 0 bridgehead atoms. The van der Waals surface area contributed by atoms with Gasteiger partial charge in [0.1, 0.15) is 0 Å². The summed E-state index contributed by atoms with van der Waals surface area (Å²) in [5.41, 5.74) is 6.88. The molecule has 13 heavy (non-hydrogen) atoms.